The number of amides is 2. The molecule has 4 rings (SSSR count). The van der Waals surface area contributed by atoms with Crippen molar-refractivity contribution in [2.24, 2.45) is 11.8 Å². The van der Waals surface area contributed by atoms with Crippen LogP contribution in [-0.2, 0) is 16.1 Å². The molecule has 2 amide bonds. The molecule has 4 atom stereocenters. The van der Waals surface area contributed by atoms with Crippen molar-refractivity contribution in [3.63, 3.8) is 0 Å². The topological polar surface area (TPSA) is 91.6 Å². The SMILES string of the molecule is CCCNC(=O)[C@H]1[C@H](CO)[C@H]2Cn3c(ccc(-c4cccc(F)c4)c3=O)[C@H]2N1C(=O)CC. The highest BCUT2D eigenvalue weighted by molar-refractivity contribution is 5.89. The van der Waals surface area contributed by atoms with E-state index in [4.69, 9.17) is 0 Å². The van der Waals surface area contributed by atoms with Gasteiger partial charge < -0.3 is 19.9 Å². The molecule has 1 fully saturated rings. The van der Waals surface area contributed by atoms with Gasteiger partial charge >= 0.3 is 0 Å². The number of rotatable bonds is 6. The van der Waals surface area contributed by atoms with Crippen molar-refractivity contribution in [1.29, 1.82) is 0 Å². The molecule has 2 aromatic rings. The van der Waals surface area contributed by atoms with Gasteiger partial charge in [-0.2, -0.15) is 0 Å². The first kappa shape index (κ1) is 22.2. The van der Waals surface area contributed by atoms with Crippen LogP contribution in [0.15, 0.2) is 41.2 Å². The molecule has 170 valence electrons. The van der Waals surface area contributed by atoms with Crippen LogP contribution >= 0.6 is 0 Å². The van der Waals surface area contributed by atoms with Crippen LogP contribution in [0, 0.1) is 17.7 Å². The van der Waals surface area contributed by atoms with Crippen LogP contribution in [0.4, 0.5) is 4.39 Å². The summed E-state index contributed by atoms with van der Waals surface area (Å²) in [6.07, 6.45) is 0.975. The summed E-state index contributed by atoms with van der Waals surface area (Å²) in [5, 5.41) is 13.1. The maximum Gasteiger partial charge on any atom is 0.258 e. The highest BCUT2D eigenvalue weighted by Gasteiger charge is 2.56. The quantitative estimate of drug-likeness (QED) is 0.718. The molecule has 7 nitrogen and oxygen atoms in total. The Morgan fingerprint density at radius 2 is 2.00 bits per heavy atom. The van der Waals surface area contributed by atoms with Gasteiger partial charge in [-0.15, -0.1) is 0 Å². The molecular formula is C24H28FN3O4. The molecule has 2 aliphatic rings. The zero-order valence-electron chi connectivity index (χ0n) is 18.3. The Kier molecular flexibility index (Phi) is 6.15. The smallest absolute Gasteiger partial charge is 0.258 e. The lowest BCUT2D eigenvalue weighted by Gasteiger charge is -2.30. The maximum atomic E-state index is 13.7. The number of nitrogens with one attached hydrogen (secondary N) is 1. The predicted octanol–water partition coefficient (Wildman–Crippen LogP) is 2.08. The average molecular weight is 442 g/mol. The van der Waals surface area contributed by atoms with Crippen LogP contribution in [0.25, 0.3) is 11.1 Å². The summed E-state index contributed by atoms with van der Waals surface area (Å²) in [7, 11) is 0. The first-order valence-electron chi connectivity index (χ1n) is 11.1. The molecule has 2 aliphatic heterocycles. The van der Waals surface area contributed by atoms with E-state index in [-0.39, 0.29) is 42.9 Å². The average Bonchev–Trinajstić information content (AvgIpc) is 3.32. The van der Waals surface area contributed by atoms with Crippen LogP contribution in [0.5, 0.6) is 0 Å². The number of carbonyl (C=O) groups is 2. The Labute approximate surface area is 185 Å². The number of carbonyl (C=O) groups excluding carboxylic acids is 2. The predicted molar refractivity (Wildman–Crippen MR) is 117 cm³/mol. The highest BCUT2D eigenvalue weighted by atomic mass is 19.1. The lowest BCUT2D eigenvalue weighted by Crippen LogP contribution is -2.50. The first-order valence-corrected chi connectivity index (χ1v) is 11.1. The van der Waals surface area contributed by atoms with Gasteiger partial charge in [-0.05, 0) is 36.2 Å². The Hall–Kier alpha value is -3.00. The molecule has 8 heteroatoms. The molecular weight excluding hydrogens is 413 g/mol. The second-order valence-electron chi connectivity index (χ2n) is 8.44. The molecule has 0 bridgehead atoms. The molecule has 1 saturated heterocycles. The van der Waals surface area contributed by atoms with E-state index in [2.05, 4.69) is 5.32 Å². The number of benzene rings is 1. The summed E-state index contributed by atoms with van der Waals surface area (Å²) >= 11 is 0. The van der Waals surface area contributed by atoms with E-state index in [1.54, 1.807) is 40.7 Å². The fraction of sp³-hybridized carbons (Fsp3) is 0.458. The van der Waals surface area contributed by atoms with Crippen LogP contribution in [-0.4, -0.2) is 45.6 Å². The molecule has 0 saturated carbocycles. The number of aromatic nitrogens is 1. The number of pyridine rings is 1. The second-order valence-corrected chi connectivity index (χ2v) is 8.44. The largest absolute Gasteiger partial charge is 0.396 e. The summed E-state index contributed by atoms with van der Waals surface area (Å²) in [6.45, 7) is 4.20. The Bertz CT molecular complexity index is 1100. The van der Waals surface area contributed by atoms with Crippen LogP contribution in [0.1, 0.15) is 38.4 Å². The first-order chi connectivity index (χ1) is 15.4. The normalized spacial score (nSPS) is 23.7. The van der Waals surface area contributed by atoms with Crippen molar-refractivity contribution in [3.8, 4) is 11.1 Å². The van der Waals surface area contributed by atoms with E-state index >= 15 is 0 Å². The minimum absolute atomic E-state index is 0.192. The monoisotopic (exact) mass is 441 g/mol. The number of aliphatic hydroxyl groups excluding tert-OH is 1. The highest BCUT2D eigenvalue weighted by Crippen LogP contribution is 2.49. The van der Waals surface area contributed by atoms with Crippen molar-refractivity contribution in [1.82, 2.24) is 14.8 Å². The lowest BCUT2D eigenvalue weighted by molar-refractivity contribution is -0.141. The van der Waals surface area contributed by atoms with Gasteiger partial charge in [0.1, 0.15) is 11.9 Å². The molecule has 0 radical (unpaired) electrons. The number of hydrogen-bond donors (Lipinski definition) is 2. The van der Waals surface area contributed by atoms with E-state index in [1.807, 2.05) is 6.92 Å². The van der Waals surface area contributed by atoms with Crippen molar-refractivity contribution < 1.29 is 19.1 Å². The third-order valence-electron chi connectivity index (χ3n) is 6.62. The molecule has 1 aromatic carbocycles. The van der Waals surface area contributed by atoms with E-state index in [9.17, 15) is 23.9 Å². The second kappa shape index (κ2) is 8.86. The van der Waals surface area contributed by atoms with Gasteiger partial charge in [-0.3, -0.25) is 14.4 Å². The van der Waals surface area contributed by atoms with E-state index < -0.39 is 23.8 Å². The van der Waals surface area contributed by atoms with Crippen LogP contribution < -0.4 is 10.9 Å². The van der Waals surface area contributed by atoms with Crippen LogP contribution in [0.3, 0.4) is 0 Å². The molecule has 2 N–H and O–H groups in total. The zero-order chi connectivity index (χ0) is 23.0. The Balaban J connectivity index is 1.78. The van der Waals surface area contributed by atoms with Gasteiger partial charge in [0.15, 0.2) is 0 Å². The summed E-state index contributed by atoms with van der Waals surface area (Å²) in [5.41, 5.74) is 1.24. The number of likely N-dealkylation sites (tertiary alicyclic amines) is 1. The van der Waals surface area contributed by atoms with Crippen molar-refractivity contribution in [2.75, 3.05) is 13.2 Å². The summed E-state index contributed by atoms with van der Waals surface area (Å²) in [4.78, 5) is 40.8. The molecule has 0 unspecified atom stereocenters. The number of aliphatic hydroxyl groups is 1. The van der Waals surface area contributed by atoms with Crippen molar-refractivity contribution >= 4 is 11.8 Å². The van der Waals surface area contributed by atoms with Crippen molar-refractivity contribution in [3.05, 3.63) is 58.3 Å². The summed E-state index contributed by atoms with van der Waals surface area (Å²) in [5.74, 6) is -1.63. The standard InChI is InChI=1S/C24H28FN3O4/c1-3-10-26-23(31)22-18(13-29)17-12-27-19(21(17)28(22)20(30)4-2)9-8-16(24(27)32)14-6-5-7-15(25)11-14/h5-9,11,17-18,21-22,29H,3-4,10,12-13H2,1-2H3,(H,26,31)/t17-,18-,21+,22-/m1/s1. The van der Waals surface area contributed by atoms with Gasteiger partial charge in [0, 0.05) is 49.2 Å². The third-order valence-corrected chi connectivity index (χ3v) is 6.62. The third kappa shape index (κ3) is 3.52. The van der Waals surface area contributed by atoms with E-state index in [1.165, 1.54) is 12.1 Å². The summed E-state index contributed by atoms with van der Waals surface area (Å²) < 4.78 is 15.3. The minimum atomic E-state index is -0.777. The fourth-order valence-electron chi connectivity index (χ4n) is 5.18. The number of halogens is 1. The van der Waals surface area contributed by atoms with Gasteiger partial charge in [0.2, 0.25) is 11.8 Å². The van der Waals surface area contributed by atoms with Gasteiger partial charge in [-0.25, -0.2) is 4.39 Å². The summed E-state index contributed by atoms with van der Waals surface area (Å²) in [6, 6.07) is 8.06. The maximum absolute atomic E-state index is 13.7. The molecule has 32 heavy (non-hydrogen) atoms. The zero-order valence-corrected chi connectivity index (χ0v) is 18.3. The number of hydrogen-bond acceptors (Lipinski definition) is 4. The molecule has 1 aromatic heterocycles. The van der Waals surface area contributed by atoms with Crippen LogP contribution in [0.2, 0.25) is 0 Å². The number of nitrogens with zero attached hydrogens (tertiary/aromatic N) is 2. The Morgan fingerprint density at radius 3 is 2.66 bits per heavy atom. The van der Waals surface area contributed by atoms with Gasteiger partial charge in [0.05, 0.1) is 6.04 Å². The molecule has 0 spiro atoms. The van der Waals surface area contributed by atoms with Crippen molar-refractivity contribution in [2.45, 2.75) is 45.3 Å². The van der Waals surface area contributed by atoms with Gasteiger partial charge in [0.25, 0.3) is 5.56 Å². The lowest BCUT2D eigenvalue weighted by atomic mass is 9.88. The fourth-order valence-corrected chi connectivity index (χ4v) is 5.18. The minimum Gasteiger partial charge on any atom is -0.396 e. The van der Waals surface area contributed by atoms with E-state index in [0.717, 1.165) is 6.42 Å². The molecule has 3 heterocycles. The molecule has 0 aliphatic carbocycles. The van der Waals surface area contributed by atoms with Gasteiger partial charge in [-0.1, -0.05) is 26.0 Å². The Morgan fingerprint density at radius 1 is 1.22 bits per heavy atom. The van der Waals surface area contributed by atoms with E-state index in [0.29, 0.717) is 23.4 Å². The number of fused-ring (bicyclic) bond motifs is 3.